The highest BCUT2D eigenvalue weighted by atomic mass is 16.5. The number of carbonyl (C=O) groups is 2. The number of piperazine rings is 2. The number of rotatable bonds is 10. The molecular weight excluding hydrogens is 472 g/mol. The van der Waals surface area contributed by atoms with Crippen LogP contribution in [0.1, 0.15) is 31.7 Å². The average molecular weight is 513 g/mol. The maximum atomic E-state index is 12.0. The average Bonchev–Trinajstić information content (AvgIpc) is 3.14. The molecule has 1 aromatic carbocycles. The van der Waals surface area contributed by atoms with E-state index in [0.29, 0.717) is 30.0 Å². The van der Waals surface area contributed by atoms with Crippen molar-refractivity contribution in [1.29, 1.82) is 5.26 Å². The van der Waals surface area contributed by atoms with Gasteiger partial charge in [-0.3, -0.25) is 14.6 Å². The summed E-state index contributed by atoms with van der Waals surface area (Å²) in [5.41, 5.74) is 0.585. The number of ether oxygens (including phenoxy) is 2. The first-order chi connectivity index (χ1) is 17.9. The lowest BCUT2D eigenvalue weighted by atomic mass is 10.1. The Hall–Kier alpha value is -2.87. The molecule has 10 nitrogen and oxygen atoms in total. The van der Waals surface area contributed by atoms with Crippen LogP contribution in [0.2, 0.25) is 0 Å². The highest BCUT2D eigenvalue weighted by Gasteiger charge is 2.40. The normalized spacial score (nSPS) is 23.3. The Bertz CT molecular complexity index is 929. The summed E-state index contributed by atoms with van der Waals surface area (Å²) in [7, 11) is 1.37. The van der Waals surface area contributed by atoms with E-state index in [1.165, 1.54) is 20.0 Å². The van der Waals surface area contributed by atoms with Gasteiger partial charge in [-0.25, -0.2) is 4.79 Å². The SMILES string of the molecule is COC(=O)N[C@H](COc1ccc(C#N)cc1)CN1C2CCC1CN(CCCN1CCN(C(C)=O)CC1)C2. The summed E-state index contributed by atoms with van der Waals surface area (Å²) in [6.07, 6.45) is 3.04. The molecule has 3 saturated heterocycles. The molecule has 2 amide bonds. The summed E-state index contributed by atoms with van der Waals surface area (Å²) in [6.45, 7) is 10.6. The van der Waals surface area contributed by atoms with Crippen LogP contribution < -0.4 is 10.1 Å². The van der Waals surface area contributed by atoms with Crippen LogP contribution in [0.5, 0.6) is 5.75 Å². The van der Waals surface area contributed by atoms with Crippen LogP contribution in [0.3, 0.4) is 0 Å². The van der Waals surface area contributed by atoms with Crippen LogP contribution in [-0.2, 0) is 9.53 Å². The second-order valence-corrected chi connectivity index (χ2v) is 10.3. The van der Waals surface area contributed by atoms with Crippen molar-refractivity contribution in [2.75, 3.05) is 72.6 Å². The minimum Gasteiger partial charge on any atom is -0.491 e. The van der Waals surface area contributed by atoms with Crippen molar-refractivity contribution < 1.29 is 19.1 Å². The number of alkyl carbamates (subject to hydrolysis) is 1. The Labute approximate surface area is 220 Å². The van der Waals surface area contributed by atoms with Gasteiger partial charge < -0.3 is 24.6 Å². The molecule has 3 fully saturated rings. The summed E-state index contributed by atoms with van der Waals surface area (Å²) in [5.74, 6) is 0.851. The van der Waals surface area contributed by atoms with Crippen LogP contribution >= 0.6 is 0 Å². The van der Waals surface area contributed by atoms with E-state index in [4.69, 9.17) is 14.7 Å². The van der Waals surface area contributed by atoms with Crippen LogP contribution in [0, 0.1) is 11.3 Å². The first-order valence-electron chi connectivity index (χ1n) is 13.4. The number of benzene rings is 1. The molecule has 0 aliphatic carbocycles. The Morgan fingerprint density at radius 1 is 1.05 bits per heavy atom. The van der Waals surface area contributed by atoms with E-state index >= 15 is 0 Å². The zero-order chi connectivity index (χ0) is 26.2. The maximum Gasteiger partial charge on any atom is 0.407 e. The van der Waals surface area contributed by atoms with E-state index in [0.717, 1.165) is 65.3 Å². The number of hydrogen-bond acceptors (Lipinski definition) is 8. The Morgan fingerprint density at radius 3 is 2.30 bits per heavy atom. The molecule has 37 heavy (non-hydrogen) atoms. The number of fused-ring (bicyclic) bond motifs is 2. The lowest BCUT2D eigenvalue weighted by Crippen LogP contribution is -2.58. The molecule has 0 aromatic heterocycles. The second-order valence-electron chi connectivity index (χ2n) is 10.3. The van der Waals surface area contributed by atoms with E-state index in [2.05, 4.69) is 26.1 Å². The molecule has 2 unspecified atom stereocenters. The number of hydrogen-bond donors (Lipinski definition) is 1. The van der Waals surface area contributed by atoms with Gasteiger partial charge in [-0.15, -0.1) is 0 Å². The molecule has 0 spiro atoms. The number of likely N-dealkylation sites (tertiary alicyclic amines) is 1. The molecule has 3 heterocycles. The van der Waals surface area contributed by atoms with Gasteiger partial charge in [0.25, 0.3) is 0 Å². The van der Waals surface area contributed by atoms with Gasteiger partial charge >= 0.3 is 6.09 Å². The van der Waals surface area contributed by atoms with E-state index in [9.17, 15) is 9.59 Å². The van der Waals surface area contributed by atoms with Gasteiger partial charge in [0.2, 0.25) is 5.91 Å². The largest absolute Gasteiger partial charge is 0.491 e. The maximum absolute atomic E-state index is 12.0. The molecule has 0 radical (unpaired) electrons. The minimum atomic E-state index is -0.455. The third kappa shape index (κ3) is 7.57. The van der Waals surface area contributed by atoms with Crippen LogP contribution in [0.25, 0.3) is 0 Å². The first-order valence-corrected chi connectivity index (χ1v) is 13.4. The number of amides is 2. The Morgan fingerprint density at radius 2 is 1.70 bits per heavy atom. The lowest BCUT2D eigenvalue weighted by Gasteiger charge is -2.42. The number of carbonyl (C=O) groups excluding carboxylic acids is 2. The Kier molecular flexibility index (Phi) is 9.61. The van der Waals surface area contributed by atoms with Gasteiger partial charge in [-0.05, 0) is 56.6 Å². The first kappa shape index (κ1) is 27.2. The van der Waals surface area contributed by atoms with E-state index in [1.54, 1.807) is 31.2 Å². The van der Waals surface area contributed by atoms with Gasteiger partial charge in [0.05, 0.1) is 24.8 Å². The third-order valence-electron chi connectivity index (χ3n) is 7.85. The fraction of sp³-hybridized carbons (Fsp3) is 0.667. The van der Waals surface area contributed by atoms with Gasteiger partial charge in [0.15, 0.2) is 0 Å². The number of nitriles is 1. The van der Waals surface area contributed by atoms with Crippen molar-refractivity contribution in [3.8, 4) is 11.8 Å². The number of nitrogens with one attached hydrogen (secondary N) is 1. The molecule has 1 N–H and O–H groups in total. The van der Waals surface area contributed by atoms with Gasteiger partial charge in [-0.1, -0.05) is 0 Å². The fourth-order valence-corrected chi connectivity index (χ4v) is 5.81. The predicted octanol–water partition coefficient (Wildman–Crippen LogP) is 1.36. The predicted molar refractivity (Wildman–Crippen MR) is 139 cm³/mol. The third-order valence-corrected chi connectivity index (χ3v) is 7.85. The standard InChI is InChI=1S/C27H40N6O4/c1-21(34)32-14-12-30(13-15-32)10-3-11-31-18-24-6-7-25(19-31)33(24)17-23(29-27(35)36-2)20-37-26-8-4-22(16-28)5-9-26/h4-5,8-9,23-25H,3,6-7,10-15,17-20H2,1-2H3,(H,29,35)/t23-,24?,25?/m0/s1. The molecular formula is C27H40N6O4. The van der Waals surface area contributed by atoms with Gasteiger partial charge in [0, 0.05) is 64.8 Å². The monoisotopic (exact) mass is 512 g/mol. The molecule has 4 rings (SSSR count). The summed E-state index contributed by atoms with van der Waals surface area (Å²) in [5, 5.41) is 11.9. The Balaban J connectivity index is 1.23. The van der Waals surface area contributed by atoms with Crippen LogP contribution in [-0.4, -0.2) is 122 Å². The lowest BCUT2D eigenvalue weighted by molar-refractivity contribution is -0.130. The van der Waals surface area contributed by atoms with Crippen molar-refractivity contribution in [2.24, 2.45) is 0 Å². The summed E-state index contributed by atoms with van der Waals surface area (Å²) >= 11 is 0. The molecule has 3 aliphatic heterocycles. The quantitative estimate of drug-likeness (QED) is 0.502. The second kappa shape index (κ2) is 13.1. The van der Waals surface area contributed by atoms with Crippen molar-refractivity contribution >= 4 is 12.0 Å². The topological polar surface area (TPSA) is 101 Å². The zero-order valence-corrected chi connectivity index (χ0v) is 22.1. The summed E-state index contributed by atoms with van der Waals surface area (Å²) in [4.78, 5) is 33.1. The smallest absolute Gasteiger partial charge is 0.407 e. The number of nitrogens with zero attached hydrogens (tertiary/aromatic N) is 5. The van der Waals surface area contributed by atoms with Crippen molar-refractivity contribution in [2.45, 2.75) is 44.3 Å². The number of methoxy groups -OCH3 is 1. The van der Waals surface area contributed by atoms with Gasteiger partial charge in [-0.2, -0.15) is 5.26 Å². The highest BCUT2D eigenvalue weighted by Crippen LogP contribution is 2.30. The van der Waals surface area contributed by atoms with Crippen molar-refractivity contribution in [1.82, 2.24) is 24.9 Å². The van der Waals surface area contributed by atoms with Gasteiger partial charge in [0.1, 0.15) is 12.4 Å². The van der Waals surface area contributed by atoms with Crippen LogP contribution in [0.15, 0.2) is 24.3 Å². The minimum absolute atomic E-state index is 0.179. The zero-order valence-electron chi connectivity index (χ0n) is 22.1. The molecule has 2 bridgehead atoms. The summed E-state index contributed by atoms with van der Waals surface area (Å²) in [6, 6.07) is 9.87. The molecule has 3 aliphatic rings. The van der Waals surface area contributed by atoms with E-state index in [1.807, 2.05) is 4.90 Å². The molecule has 3 atom stereocenters. The highest BCUT2D eigenvalue weighted by molar-refractivity contribution is 5.73. The molecule has 10 heteroatoms. The van der Waals surface area contributed by atoms with Crippen molar-refractivity contribution in [3.05, 3.63) is 29.8 Å². The van der Waals surface area contributed by atoms with E-state index in [-0.39, 0.29) is 11.9 Å². The molecule has 0 saturated carbocycles. The fourth-order valence-electron chi connectivity index (χ4n) is 5.81. The molecule has 1 aromatic rings. The van der Waals surface area contributed by atoms with E-state index < -0.39 is 6.09 Å². The van der Waals surface area contributed by atoms with Crippen LogP contribution in [0.4, 0.5) is 4.79 Å². The summed E-state index contributed by atoms with van der Waals surface area (Å²) < 4.78 is 10.8. The van der Waals surface area contributed by atoms with Crippen molar-refractivity contribution in [3.63, 3.8) is 0 Å². The molecule has 202 valence electrons.